The minimum Gasteiger partial charge on any atom is -0.497 e. The highest BCUT2D eigenvalue weighted by Gasteiger charge is 2.38. The molecule has 2 heterocycles. The Labute approximate surface area is 207 Å². The quantitative estimate of drug-likeness (QED) is 0.283. The van der Waals surface area contributed by atoms with Crippen LogP contribution in [-0.2, 0) is 6.18 Å². The highest BCUT2D eigenvalue weighted by molar-refractivity contribution is 5.94. The van der Waals surface area contributed by atoms with Gasteiger partial charge in [-0.05, 0) is 56.3 Å². The van der Waals surface area contributed by atoms with Crippen LogP contribution in [-0.4, -0.2) is 29.2 Å². The van der Waals surface area contributed by atoms with Crippen molar-refractivity contribution in [1.82, 2.24) is 9.55 Å². The molecular weight excluding hydrogens is 473 g/mol. The van der Waals surface area contributed by atoms with Gasteiger partial charge in [0.2, 0.25) is 12.6 Å². The van der Waals surface area contributed by atoms with Crippen LogP contribution in [0, 0.1) is 6.92 Å². The Morgan fingerprint density at radius 1 is 0.972 bits per heavy atom. The van der Waals surface area contributed by atoms with E-state index in [-0.39, 0.29) is 18.1 Å². The van der Waals surface area contributed by atoms with Gasteiger partial charge in [-0.15, -0.1) is 0 Å². The smallest absolute Gasteiger partial charge is 0.450 e. The van der Waals surface area contributed by atoms with Crippen LogP contribution in [0.4, 0.5) is 13.2 Å². The molecule has 1 aromatic heterocycles. The number of hydrogen-bond acceptors (Lipinski definition) is 5. The SMILES string of the molecule is CC.CC(=O)c1ccc2c(c1)OCO2.COc1ccc2c(c1)nc(C(F)(F)F)n2-c1ccc(C)cc1. The Hall–Kier alpha value is -4.01. The Bertz CT molecular complexity index is 1350. The van der Waals surface area contributed by atoms with Gasteiger partial charge in [0, 0.05) is 17.3 Å². The van der Waals surface area contributed by atoms with Crippen molar-refractivity contribution in [3.8, 4) is 22.9 Å². The van der Waals surface area contributed by atoms with Crippen LogP contribution >= 0.6 is 0 Å². The fourth-order valence-corrected chi connectivity index (χ4v) is 3.45. The lowest BCUT2D eigenvalue weighted by Gasteiger charge is -2.11. The van der Waals surface area contributed by atoms with E-state index in [4.69, 9.17) is 14.2 Å². The van der Waals surface area contributed by atoms with Gasteiger partial charge in [0.25, 0.3) is 0 Å². The average Bonchev–Trinajstić information content (AvgIpc) is 3.50. The number of rotatable bonds is 3. The van der Waals surface area contributed by atoms with Crippen molar-refractivity contribution in [1.29, 1.82) is 0 Å². The lowest BCUT2D eigenvalue weighted by molar-refractivity contribution is -0.145. The van der Waals surface area contributed by atoms with E-state index in [1.807, 2.05) is 20.8 Å². The fourth-order valence-electron chi connectivity index (χ4n) is 3.45. The highest BCUT2D eigenvalue weighted by Crippen LogP contribution is 2.35. The molecule has 0 fully saturated rings. The molecule has 1 aliphatic heterocycles. The van der Waals surface area contributed by atoms with E-state index in [9.17, 15) is 18.0 Å². The molecule has 0 saturated carbocycles. The van der Waals surface area contributed by atoms with Crippen molar-refractivity contribution < 1.29 is 32.2 Å². The van der Waals surface area contributed by atoms with Crippen LogP contribution in [0.25, 0.3) is 16.7 Å². The maximum Gasteiger partial charge on any atom is 0.450 e. The maximum absolute atomic E-state index is 13.3. The Balaban J connectivity index is 0.000000217. The van der Waals surface area contributed by atoms with Crippen molar-refractivity contribution in [2.45, 2.75) is 33.9 Å². The third-order valence-corrected chi connectivity index (χ3v) is 5.19. The van der Waals surface area contributed by atoms with Crippen molar-refractivity contribution >= 4 is 16.8 Å². The van der Waals surface area contributed by atoms with Gasteiger partial charge in [-0.25, -0.2) is 4.98 Å². The molecule has 0 aliphatic carbocycles. The van der Waals surface area contributed by atoms with E-state index < -0.39 is 12.0 Å². The molecule has 4 aromatic rings. The summed E-state index contributed by atoms with van der Waals surface area (Å²) in [6.45, 7) is 7.65. The largest absolute Gasteiger partial charge is 0.497 e. The van der Waals surface area contributed by atoms with Gasteiger partial charge in [-0.1, -0.05) is 31.5 Å². The summed E-state index contributed by atoms with van der Waals surface area (Å²) in [5, 5.41) is 0. The molecule has 5 rings (SSSR count). The molecule has 3 aromatic carbocycles. The molecule has 0 spiro atoms. The first-order valence-corrected chi connectivity index (χ1v) is 11.3. The molecule has 0 atom stereocenters. The third kappa shape index (κ3) is 5.79. The number of imidazole rings is 1. The van der Waals surface area contributed by atoms with Crippen molar-refractivity contribution in [2.24, 2.45) is 0 Å². The topological polar surface area (TPSA) is 62.6 Å². The number of ketones is 1. The molecule has 1 aliphatic rings. The summed E-state index contributed by atoms with van der Waals surface area (Å²) < 4.78 is 56.3. The van der Waals surface area contributed by atoms with E-state index >= 15 is 0 Å². The average molecular weight is 501 g/mol. The summed E-state index contributed by atoms with van der Waals surface area (Å²) >= 11 is 0. The first-order valence-electron chi connectivity index (χ1n) is 11.3. The molecule has 6 nitrogen and oxygen atoms in total. The van der Waals surface area contributed by atoms with Crippen LogP contribution < -0.4 is 14.2 Å². The summed E-state index contributed by atoms with van der Waals surface area (Å²) in [4.78, 5) is 14.7. The van der Waals surface area contributed by atoms with E-state index in [1.54, 1.807) is 54.6 Å². The molecule has 0 amide bonds. The van der Waals surface area contributed by atoms with E-state index in [2.05, 4.69) is 4.98 Å². The molecule has 190 valence electrons. The van der Waals surface area contributed by atoms with Gasteiger partial charge >= 0.3 is 6.18 Å². The molecule has 0 radical (unpaired) electrons. The highest BCUT2D eigenvalue weighted by atomic mass is 19.4. The predicted molar refractivity (Wildman–Crippen MR) is 131 cm³/mol. The molecule has 9 heteroatoms. The summed E-state index contributed by atoms with van der Waals surface area (Å²) in [6.07, 6.45) is -4.54. The number of carbonyl (C=O) groups excluding carboxylic acids is 1. The summed E-state index contributed by atoms with van der Waals surface area (Å²) in [6, 6.07) is 16.7. The number of aromatic nitrogens is 2. The molecule has 36 heavy (non-hydrogen) atoms. The lowest BCUT2D eigenvalue weighted by atomic mass is 10.1. The number of fused-ring (bicyclic) bond motifs is 2. The van der Waals surface area contributed by atoms with E-state index in [0.29, 0.717) is 34.0 Å². The third-order valence-electron chi connectivity index (χ3n) is 5.19. The van der Waals surface area contributed by atoms with Crippen LogP contribution in [0.15, 0.2) is 60.7 Å². The number of alkyl halides is 3. The van der Waals surface area contributed by atoms with Gasteiger partial charge in [-0.2, -0.15) is 13.2 Å². The monoisotopic (exact) mass is 500 g/mol. The number of carbonyl (C=O) groups is 1. The first-order chi connectivity index (χ1) is 17.2. The second-order valence-corrected chi connectivity index (χ2v) is 7.58. The lowest BCUT2D eigenvalue weighted by Crippen LogP contribution is -2.13. The van der Waals surface area contributed by atoms with Crippen molar-refractivity contribution in [2.75, 3.05) is 13.9 Å². The number of hydrogen-bond donors (Lipinski definition) is 0. The Kier molecular flexibility index (Phi) is 8.24. The summed E-state index contributed by atoms with van der Waals surface area (Å²) in [5.41, 5.74) is 2.68. The summed E-state index contributed by atoms with van der Waals surface area (Å²) in [5.74, 6) is 0.922. The van der Waals surface area contributed by atoms with Crippen LogP contribution in [0.2, 0.25) is 0 Å². The predicted octanol–water partition coefficient (Wildman–Crippen LogP) is 7.01. The van der Waals surface area contributed by atoms with Crippen molar-refractivity contribution in [3.63, 3.8) is 0 Å². The van der Waals surface area contributed by atoms with Crippen LogP contribution in [0.1, 0.15) is 42.5 Å². The van der Waals surface area contributed by atoms with Gasteiger partial charge in [0.15, 0.2) is 17.3 Å². The Morgan fingerprint density at radius 3 is 2.25 bits per heavy atom. The molecular formula is C27H27F3N2O4. The van der Waals surface area contributed by atoms with Gasteiger partial charge < -0.3 is 14.2 Å². The molecule has 0 saturated heterocycles. The number of halogens is 3. The first kappa shape index (κ1) is 26.6. The van der Waals surface area contributed by atoms with E-state index in [0.717, 1.165) is 10.1 Å². The molecule has 0 unspecified atom stereocenters. The maximum atomic E-state index is 13.3. The van der Waals surface area contributed by atoms with Crippen molar-refractivity contribution in [3.05, 3.63) is 77.6 Å². The zero-order chi connectivity index (χ0) is 26.5. The van der Waals surface area contributed by atoms with Crippen LogP contribution in [0.3, 0.4) is 0 Å². The summed E-state index contributed by atoms with van der Waals surface area (Å²) in [7, 11) is 1.46. The second-order valence-electron chi connectivity index (χ2n) is 7.58. The number of Topliss-reactive ketones (excluding diaryl/α,β-unsaturated/α-hetero) is 1. The van der Waals surface area contributed by atoms with Gasteiger partial charge in [0.05, 0.1) is 18.1 Å². The Morgan fingerprint density at radius 2 is 1.64 bits per heavy atom. The molecule has 0 bridgehead atoms. The zero-order valence-electron chi connectivity index (χ0n) is 20.6. The fraction of sp³-hybridized carbons (Fsp3) is 0.259. The van der Waals surface area contributed by atoms with Gasteiger partial charge in [-0.3, -0.25) is 9.36 Å². The van der Waals surface area contributed by atoms with E-state index in [1.165, 1.54) is 20.1 Å². The zero-order valence-corrected chi connectivity index (χ0v) is 20.6. The number of methoxy groups -OCH3 is 1. The standard InChI is InChI=1S/C16H13F3N2O.C9H8O3.C2H6/c1-10-3-5-11(6-4-10)21-14-8-7-12(22-2)9-13(14)20-15(21)16(17,18)19;1-6(10)7-2-3-8-9(4-7)12-5-11-8;1-2/h3-9H,1-2H3;2-4H,5H2,1H3;1-2H3. The van der Waals surface area contributed by atoms with Crippen LogP contribution in [0.5, 0.6) is 17.2 Å². The number of aryl methyl sites for hydroxylation is 1. The minimum atomic E-state index is -4.54. The number of nitrogens with zero attached hydrogens (tertiary/aromatic N) is 2. The second kappa shape index (κ2) is 11.2. The minimum absolute atomic E-state index is 0.0355. The number of benzene rings is 3. The number of ether oxygens (including phenoxy) is 3. The van der Waals surface area contributed by atoms with Gasteiger partial charge in [0.1, 0.15) is 5.75 Å². The normalized spacial score (nSPS) is 11.8. The molecule has 0 N–H and O–H groups in total.